The molecule has 0 aliphatic rings. The Morgan fingerprint density at radius 2 is 1.88 bits per heavy atom. The number of carboxylic acid groups (broad SMARTS) is 1. The number of nitrogens with zero attached hydrogens (tertiary/aromatic N) is 4. The average Bonchev–Trinajstić information content (AvgIpc) is 2.97. The molecule has 2 heterocycles. The highest BCUT2D eigenvalue weighted by Crippen LogP contribution is 2.24. The van der Waals surface area contributed by atoms with Crippen LogP contribution in [0.2, 0.25) is 0 Å². The molecule has 0 saturated carbocycles. The maximum absolute atomic E-state index is 12.7. The molecule has 3 aromatic rings. The topological polar surface area (TPSA) is 102 Å². The summed E-state index contributed by atoms with van der Waals surface area (Å²) in [6.45, 7) is 3.62. The second kappa shape index (κ2) is 6.62. The lowest BCUT2D eigenvalue weighted by Gasteiger charge is -2.23. The molecule has 136 valence electrons. The van der Waals surface area contributed by atoms with Crippen molar-refractivity contribution in [3.8, 4) is 11.4 Å². The van der Waals surface area contributed by atoms with Crippen LogP contribution in [0.3, 0.4) is 0 Å². The first kappa shape index (κ1) is 17.7. The lowest BCUT2D eigenvalue weighted by atomic mass is 9.85. The SMILES string of the molecule is COc1ccc(-n2ccn3c(CC(C)(C)CC(=O)[O-])nnc3c2=O)cc1. The van der Waals surface area contributed by atoms with Gasteiger partial charge >= 0.3 is 5.56 Å². The van der Waals surface area contributed by atoms with Crippen LogP contribution in [0.1, 0.15) is 26.1 Å². The van der Waals surface area contributed by atoms with Crippen molar-refractivity contribution < 1.29 is 14.6 Å². The third-order valence-corrected chi connectivity index (χ3v) is 4.15. The molecule has 8 heteroatoms. The monoisotopic (exact) mass is 355 g/mol. The van der Waals surface area contributed by atoms with Gasteiger partial charge in [-0.25, -0.2) is 0 Å². The highest BCUT2D eigenvalue weighted by molar-refractivity contribution is 5.65. The summed E-state index contributed by atoms with van der Waals surface area (Å²) in [6, 6.07) is 7.08. The summed E-state index contributed by atoms with van der Waals surface area (Å²) in [5.74, 6) is 0.110. The van der Waals surface area contributed by atoms with Gasteiger partial charge in [-0.15, -0.1) is 10.2 Å². The van der Waals surface area contributed by atoms with Crippen molar-refractivity contribution >= 4 is 11.6 Å². The Bertz CT molecular complexity index is 1000. The Balaban J connectivity index is 1.98. The largest absolute Gasteiger partial charge is 0.550 e. The van der Waals surface area contributed by atoms with E-state index in [1.165, 1.54) is 4.57 Å². The number of aromatic nitrogens is 4. The number of aliphatic carboxylic acids is 1. The van der Waals surface area contributed by atoms with Crippen molar-refractivity contribution in [3.05, 3.63) is 52.8 Å². The number of carbonyl (C=O) groups is 1. The van der Waals surface area contributed by atoms with Gasteiger partial charge in [0.25, 0.3) is 0 Å². The summed E-state index contributed by atoms with van der Waals surface area (Å²) in [6.07, 6.45) is 3.58. The first-order valence-corrected chi connectivity index (χ1v) is 8.10. The van der Waals surface area contributed by atoms with Crippen LogP contribution in [0.25, 0.3) is 11.3 Å². The van der Waals surface area contributed by atoms with Gasteiger partial charge in [-0.1, -0.05) is 13.8 Å². The fourth-order valence-corrected chi connectivity index (χ4v) is 2.88. The van der Waals surface area contributed by atoms with Crippen molar-refractivity contribution in [1.82, 2.24) is 19.2 Å². The number of methoxy groups -OCH3 is 1. The fourth-order valence-electron chi connectivity index (χ4n) is 2.88. The van der Waals surface area contributed by atoms with Gasteiger partial charge in [0, 0.05) is 30.5 Å². The van der Waals surface area contributed by atoms with Gasteiger partial charge in [-0.3, -0.25) is 13.8 Å². The van der Waals surface area contributed by atoms with E-state index in [0.717, 1.165) is 0 Å². The van der Waals surface area contributed by atoms with E-state index in [9.17, 15) is 14.7 Å². The van der Waals surface area contributed by atoms with Crippen LogP contribution in [0.5, 0.6) is 5.75 Å². The first-order valence-electron chi connectivity index (χ1n) is 8.10. The van der Waals surface area contributed by atoms with E-state index >= 15 is 0 Å². The molecule has 0 saturated heterocycles. The quantitative estimate of drug-likeness (QED) is 0.642. The van der Waals surface area contributed by atoms with Crippen LogP contribution in [0.15, 0.2) is 41.5 Å². The summed E-state index contributed by atoms with van der Waals surface area (Å²) in [5.41, 5.74) is -0.0102. The van der Waals surface area contributed by atoms with Crippen molar-refractivity contribution in [2.75, 3.05) is 7.11 Å². The zero-order valence-corrected chi connectivity index (χ0v) is 14.8. The van der Waals surface area contributed by atoms with Gasteiger partial charge in [0.2, 0.25) is 5.65 Å². The van der Waals surface area contributed by atoms with Gasteiger partial charge in [0.05, 0.1) is 7.11 Å². The number of fused-ring (bicyclic) bond motifs is 1. The highest BCUT2D eigenvalue weighted by atomic mass is 16.5. The molecular formula is C18H19N4O4-. The number of hydrogen-bond acceptors (Lipinski definition) is 6. The van der Waals surface area contributed by atoms with E-state index in [2.05, 4.69) is 10.2 Å². The minimum Gasteiger partial charge on any atom is -0.550 e. The summed E-state index contributed by atoms with van der Waals surface area (Å²) in [7, 11) is 1.58. The lowest BCUT2D eigenvalue weighted by Crippen LogP contribution is -2.30. The summed E-state index contributed by atoms with van der Waals surface area (Å²) in [5, 5.41) is 19.0. The highest BCUT2D eigenvalue weighted by Gasteiger charge is 2.23. The Hall–Kier alpha value is -3.16. The summed E-state index contributed by atoms with van der Waals surface area (Å²) < 4.78 is 8.19. The van der Waals surface area contributed by atoms with E-state index in [1.54, 1.807) is 48.2 Å². The fraction of sp³-hybridized carbons (Fsp3) is 0.333. The molecule has 0 N–H and O–H groups in total. The van der Waals surface area contributed by atoms with Crippen LogP contribution in [0, 0.1) is 5.41 Å². The molecule has 0 aliphatic heterocycles. The molecule has 0 radical (unpaired) electrons. The molecule has 2 aromatic heterocycles. The molecular weight excluding hydrogens is 336 g/mol. The first-order chi connectivity index (χ1) is 12.3. The third-order valence-electron chi connectivity index (χ3n) is 4.15. The Kier molecular flexibility index (Phi) is 4.50. The lowest BCUT2D eigenvalue weighted by molar-refractivity contribution is -0.307. The second-order valence-electron chi connectivity index (χ2n) is 6.87. The van der Waals surface area contributed by atoms with E-state index in [0.29, 0.717) is 23.7 Å². The Labute approximate surface area is 149 Å². The second-order valence-corrected chi connectivity index (χ2v) is 6.87. The number of benzene rings is 1. The molecule has 1 aromatic carbocycles. The van der Waals surface area contributed by atoms with Crippen molar-refractivity contribution in [2.45, 2.75) is 26.7 Å². The molecule has 0 amide bonds. The standard InChI is InChI=1S/C18H20N4O4/c1-18(2,11-15(23)24)10-14-19-20-16-17(25)21(8-9-22(14)16)12-4-6-13(26-3)7-5-12/h4-9H,10-11H2,1-3H3,(H,23,24)/p-1. The van der Waals surface area contributed by atoms with E-state index in [-0.39, 0.29) is 17.6 Å². The molecule has 26 heavy (non-hydrogen) atoms. The number of hydrogen-bond donors (Lipinski definition) is 0. The van der Waals surface area contributed by atoms with E-state index < -0.39 is 11.4 Å². The predicted octanol–water partition coefficient (Wildman–Crippen LogP) is 0.597. The molecule has 0 spiro atoms. The summed E-state index contributed by atoms with van der Waals surface area (Å²) in [4.78, 5) is 23.6. The normalized spacial score (nSPS) is 11.7. The van der Waals surface area contributed by atoms with Gasteiger partial charge < -0.3 is 14.6 Å². The van der Waals surface area contributed by atoms with Crippen LogP contribution in [-0.2, 0) is 11.2 Å². The van der Waals surface area contributed by atoms with Crippen molar-refractivity contribution in [2.24, 2.45) is 5.41 Å². The number of rotatable bonds is 6. The molecule has 0 unspecified atom stereocenters. The third kappa shape index (κ3) is 3.44. The zero-order chi connectivity index (χ0) is 18.9. The van der Waals surface area contributed by atoms with E-state index in [1.807, 2.05) is 13.8 Å². The zero-order valence-electron chi connectivity index (χ0n) is 14.8. The van der Waals surface area contributed by atoms with Crippen molar-refractivity contribution in [3.63, 3.8) is 0 Å². The molecule has 8 nitrogen and oxygen atoms in total. The van der Waals surface area contributed by atoms with Gasteiger partial charge in [-0.2, -0.15) is 0 Å². The molecule has 0 bridgehead atoms. The maximum atomic E-state index is 12.7. The number of ether oxygens (including phenoxy) is 1. The number of carbonyl (C=O) groups excluding carboxylic acids is 1. The van der Waals surface area contributed by atoms with E-state index in [4.69, 9.17) is 4.74 Å². The van der Waals surface area contributed by atoms with Crippen LogP contribution >= 0.6 is 0 Å². The maximum Gasteiger partial charge on any atom is 0.300 e. The molecule has 0 atom stereocenters. The molecule has 0 fully saturated rings. The predicted molar refractivity (Wildman–Crippen MR) is 92.2 cm³/mol. The average molecular weight is 355 g/mol. The van der Waals surface area contributed by atoms with Crippen molar-refractivity contribution in [1.29, 1.82) is 0 Å². The molecule has 3 rings (SSSR count). The van der Waals surface area contributed by atoms with Gasteiger partial charge in [0.15, 0.2) is 0 Å². The molecule has 0 aliphatic carbocycles. The summed E-state index contributed by atoms with van der Waals surface area (Å²) >= 11 is 0. The minimum absolute atomic E-state index is 0.106. The van der Waals surface area contributed by atoms with Crippen LogP contribution in [0.4, 0.5) is 0 Å². The Morgan fingerprint density at radius 1 is 1.19 bits per heavy atom. The number of carboxylic acids is 1. The van der Waals surface area contributed by atoms with Gasteiger partial charge in [-0.05, 0) is 36.1 Å². The Morgan fingerprint density at radius 3 is 2.50 bits per heavy atom. The van der Waals surface area contributed by atoms with Crippen LogP contribution < -0.4 is 15.4 Å². The smallest absolute Gasteiger partial charge is 0.300 e. The van der Waals surface area contributed by atoms with Gasteiger partial charge in [0.1, 0.15) is 11.6 Å². The van der Waals surface area contributed by atoms with Crippen LogP contribution in [-0.4, -0.2) is 32.2 Å². The minimum atomic E-state index is -1.12.